The van der Waals surface area contributed by atoms with Crippen LogP contribution in [0.4, 0.5) is 5.69 Å². The van der Waals surface area contributed by atoms with E-state index in [-0.39, 0.29) is 6.10 Å². The topological polar surface area (TPSA) is 34.1 Å². The zero-order valence-corrected chi connectivity index (χ0v) is 9.95. The number of hydrogen-bond acceptors (Lipinski definition) is 3. The quantitative estimate of drug-likeness (QED) is 0.807. The summed E-state index contributed by atoms with van der Waals surface area (Å²) in [5.41, 5.74) is 1.04. The van der Waals surface area contributed by atoms with E-state index in [4.69, 9.17) is 4.74 Å². The van der Waals surface area contributed by atoms with Gasteiger partial charge < -0.3 is 10.1 Å². The SMILES string of the molecule is CCC(C)Nc1ccc(OC(C)C)nc1. The first-order chi connectivity index (χ1) is 7.11. The van der Waals surface area contributed by atoms with E-state index in [1.54, 1.807) is 0 Å². The standard InChI is InChI=1S/C12H20N2O/c1-5-10(4)14-11-6-7-12(13-8-11)15-9(2)3/h6-10,14H,5H2,1-4H3. The number of anilines is 1. The van der Waals surface area contributed by atoms with Gasteiger partial charge in [-0.25, -0.2) is 4.98 Å². The van der Waals surface area contributed by atoms with Gasteiger partial charge in [0.15, 0.2) is 0 Å². The highest BCUT2D eigenvalue weighted by atomic mass is 16.5. The first-order valence-electron chi connectivity index (χ1n) is 5.51. The molecular weight excluding hydrogens is 188 g/mol. The maximum atomic E-state index is 5.46. The average molecular weight is 208 g/mol. The van der Waals surface area contributed by atoms with Crippen molar-refractivity contribution in [2.75, 3.05) is 5.32 Å². The summed E-state index contributed by atoms with van der Waals surface area (Å²) < 4.78 is 5.46. The second-order valence-electron chi connectivity index (χ2n) is 4.01. The van der Waals surface area contributed by atoms with Crippen molar-refractivity contribution in [3.8, 4) is 5.88 Å². The number of hydrogen-bond donors (Lipinski definition) is 1. The maximum absolute atomic E-state index is 5.46. The second-order valence-corrected chi connectivity index (χ2v) is 4.01. The lowest BCUT2D eigenvalue weighted by molar-refractivity contribution is 0.232. The van der Waals surface area contributed by atoms with Gasteiger partial charge in [-0.15, -0.1) is 0 Å². The third-order valence-electron chi connectivity index (χ3n) is 2.12. The van der Waals surface area contributed by atoms with Crippen LogP contribution in [0.2, 0.25) is 0 Å². The molecule has 0 aliphatic carbocycles. The van der Waals surface area contributed by atoms with Crippen molar-refractivity contribution < 1.29 is 4.74 Å². The Bertz CT molecular complexity index is 282. The van der Waals surface area contributed by atoms with Crippen molar-refractivity contribution in [2.45, 2.75) is 46.3 Å². The molecule has 0 saturated carbocycles. The van der Waals surface area contributed by atoms with Crippen LogP contribution < -0.4 is 10.1 Å². The Kier molecular flexibility index (Phi) is 4.40. The molecule has 0 saturated heterocycles. The molecule has 3 heteroatoms. The molecule has 15 heavy (non-hydrogen) atoms. The molecule has 0 amide bonds. The summed E-state index contributed by atoms with van der Waals surface area (Å²) in [4.78, 5) is 4.22. The number of nitrogens with one attached hydrogen (secondary N) is 1. The number of nitrogens with zero attached hydrogens (tertiary/aromatic N) is 1. The lowest BCUT2D eigenvalue weighted by Crippen LogP contribution is -2.13. The molecule has 0 aromatic carbocycles. The Balaban J connectivity index is 2.56. The van der Waals surface area contributed by atoms with Gasteiger partial charge >= 0.3 is 0 Å². The van der Waals surface area contributed by atoms with Crippen LogP contribution in [0.3, 0.4) is 0 Å². The molecule has 0 bridgehead atoms. The number of rotatable bonds is 5. The number of ether oxygens (including phenoxy) is 1. The minimum atomic E-state index is 0.172. The third kappa shape index (κ3) is 4.19. The summed E-state index contributed by atoms with van der Waals surface area (Å²) in [5.74, 6) is 0.680. The number of aromatic nitrogens is 1. The first kappa shape index (κ1) is 11.8. The Morgan fingerprint density at radius 1 is 1.33 bits per heavy atom. The lowest BCUT2D eigenvalue weighted by Gasteiger charge is -2.13. The number of pyridine rings is 1. The molecular formula is C12H20N2O. The van der Waals surface area contributed by atoms with Crippen LogP contribution in [0, 0.1) is 0 Å². The third-order valence-corrected chi connectivity index (χ3v) is 2.12. The van der Waals surface area contributed by atoms with Crippen LogP contribution in [0.5, 0.6) is 5.88 Å². The fourth-order valence-electron chi connectivity index (χ4n) is 1.16. The van der Waals surface area contributed by atoms with Crippen molar-refractivity contribution in [1.82, 2.24) is 4.98 Å². The smallest absolute Gasteiger partial charge is 0.213 e. The predicted octanol–water partition coefficient (Wildman–Crippen LogP) is 3.08. The van der Waals surface area contributed by atoms with Gasteiger partial charge in [0.05, 0.1) is 18.0 Å². The zero-order chi connectivity index (χ0) is 11.3. The van der Waals surface area contributed by atoms with E-state index in [1.165, 1.54) is 0 Å². The van der Waals surface area contributed by atoms with E-state index < -0.39 is 0 Å². The lowest BCUT2D eigenvalue weighted by atomic mass is 10.2. The van der Waals surface area contributed by atoms with E-state index in [0.717, 1.165) is 12.1 Å². The molecule has 1 unspecified atom stereocenters. The Morgan fingerprint density at radius 3 is 2.53 bits per heavy atom. The molecule has 0 aliphatic rings. The van der Waals surface area contributed by atoms with Crippen molar-refractivity contribution in [3.05, 3.63) is 18.3 Å². The van der Waals surface area contributed by atoms with Gasteiger partial charge in [0, 0.05) is 12.1 Å². The molecule has 1 atom stereocenters. The van der Waals surface area contributed by atoms with Gasteiger partial charge in [0.1, 0.15) is 0 Å². The molecule has 1 rings (SSSR count). The maximum Gasteiger partial charge on any atom is 0.213 e. The van der Waals surface area contributed by atoms with Crippen molar-refractivity contribution in [3.63, 3.8) is 0 Å². The van der Waals surface area contributed by atoms with Crippen LogP contribution in [0.15, 0.2) is 18.3 Å². The Morgan fingerprint density at radius 2 is 2.07 bits per heavy atom. The Labute approximate surface area is 91.9 Å². The Hall–Kier alpha value is -1.25. The van der Waals surface area contributed by atoms with E-state index in [2.05, 4.69) is 24.1 Å². The van der Waals surface area contributed by atoms with Crippen molar-refractivity contribution >= 4 is 5.69 Å². The molecule has 3 nitrogen and oxygen atoms in total. The molecule has 1 aromatic heterocycles. The molecule has 0 spiro atoms. The summed E-state index contributed by atoms with van der Waals surface area (Å²) in [5, 5.41) is 3.35. The molecule has 84 valence electrons. The minimum Gasteiger partial charge on any atom is -0.475 e. The molecule has 1 heterocycles. The molecule has 1 N–H and O–H groups in total. The van der Waals surface area contributed by atoms with Gasteiger partial charge in [0.25, 0.3) is 0 Å². The summed E-state index contributed by atoms with van der Waals surface area (Å²) in [7, 11) is 0. The zero-order valence-electron chi connectivity index (χ0n) is 9.95. The molecule has 0 aliphatic heterocycles. The summed E-state index contributed by atoms with van der Waals surface area (Å²) in [6, 6.07) is 4.37. The van der Waals surface area contributed by atoms with E-state index in [0.29, 0.717) is 11.9 Å². The summed E-state index contributed by atoms with van der Waals surface area (Å²) >= 11 is 0. The highest BCUT2D eigenvalue weighted by Crippen LogP contribution is 2.14. The van der Waals surface area contributed by atoms with E-state index in [9.17, 15) is 0 Å². The minimum absolute atomic E-state index is 0.172. The van der Waals surface area contributed by atoms with Gasteiger partial charge in [-0.2, -0.15) is 0 Å². The van der Waals surface area contributed by atoms with Gasteiger partial charge in [-0.1, -0.05) is 6.92 Å². The second kappa shape index (κ2) is 5.59. The first-order valence-corrected chi connectivity index (χ1v) is 5.51. The molecule has 1 aromatic rings. The molecule has 0 radical (unpaired) electrons. The largest absolute Gasteiger partial charge is 0.475 e. The van der Waals surface area contributed by atoms with Crippen LogP contribution in [-0.2, 0) is 0 Å². The van der Waals surface area contributed by atoms with Gasteiger partial charge in [0.2, 0.25) is 5.88 Å². The highest BCUT2D eigenvalue weighted by Gasteiger charge is 2.01. The fourth-order valence-corrected chi connectivity index (χ4v) is 1.16. The van der Waals surface area contributed by atoms with E-state index in [1.807, 2.05) is 32.2 Å². The van der Waals surface area contributed by atoms with Crippen LogP contribution in [0.25, 0.3) is 0 Å². The predicted molar refractivity (Wildman–Crippen MR) is 63.4 cm³/mol. The van der Waals surface area contributed by atoms with Crippen LogP contribution in [-0.4, -0.2) is 17.1 Å². The average Bonchev–Trinajstić information content (AvgIpc) is 2.20. The van der Waals surface area contributed by atoms with Gasteiger partial charge in [-0.3, -0.25) is 0 Å². The van der Waals surface area contributed by atoms with Crippen LogP contribution >= 0.6 is 0 Å². The normalized spacial score (nSPS) is 12.6. The van der Waals surface area contributed by atoms with Gasteiger partial charge in [-0.05, 0) is 33.3 Å². The van der Waals surface area contributed by atoms with E-state index >= 15 is 0 Å². The fraction of sp³-hybridized carbons (Fsp3) is 0.583. The van der Waals surface area contributed by atoms with Crippen molar-refractivity contribution in [1.29, 1.82) is 0 Å². The highest BCUT2D eigenvalue weighted by molar-refractivity contribution is 5.42. The summed E-state index contributed by atoms with van der Waals surface area (Å²) in [6.07, 6.45) is 3.08. The van der Waals surface area contributed by atoms with Crippen LogP contribution in [0.1, 0.15) is 34.1 Å². The molecule has 0 fully saturated rings. The van der Waals surface area contributed by atoms with Crippen molar-refractivity contribution in [2.24, 2.45) is 0 Å². The summed E-state index contributed by atoms with van der Waals surface area (Å²) in [6.45, 7) is 8.29. The monoisotopic (exact) mass is 208 g/mol.